The lowest BCUT2D eigenvalue weighted by Crippen LogP contribution is -2.33. The normalized spacial score (nSPS) is 14.8. The minimum atomic E-state index is -0.201. The van der Waals surface area contributed by atoms with E-state index in [1.54, 1.807) is 13.4 Å². The molecule has 4 rings (SSSR count). The number of carbonyl (C=O) groups excluding carboxylic acids is 1. The number of hydrogen-bond donors (Lipinski definition) is 2. The van der Waals surface area contributed by atoms with E-state index in [-0.39, 0.29) is 12.1 Å². The topological polar surface area (TPSA) is 68.2 Å². The summed E-state index contributed by atoms with van der Waals surface area (Å²) in [5, 5.41) is 6.04. The van der Waals surface area contributed by atoms with Gasteiger partial charge in [-0.2, -0.15) is 0 Å². The van der Waals surface area contributed by atoms with Gasteiger partial charge in [0.2, 0.25) is 0 Å². The molecule has 2 N–H and O–H groups in total. The van der Waals surface area contributed by atoms with Gasteiger partial charge in [-0.05, 0) is 54.7 Å². The monoisotopic (exact) mass is 350 g/mol. The number of fused-ring (bicyclic) bond motifs is 1. The van der Waals surface area contributed by atoms with Crippen molar-refractivity contribution in [2.75, 3.05) is 12.4 Å². The van der Waals surface area contributed by atoms with Crippen molar-refractivity contribution in [2.45, 2.75) is 18.9 Å². The van der Waals surface area contributed by atoms with Gasteiger partial charge in [-0.15, -0.1) is 0 Å². The summed E-state index contributed by atoms with van der Waals surface area (Å²) >= 11 is 0. The molecular formula is C20H22N4O2. The van der Waals surface area contributed by atoms with Crippen LogP contribution < -0.4 is 15.4 Å². The lowest BCUT2D eigenvalue weighted by molar-refractivity contribution is 0.247. The van der Waals surface area contributed by atoms with E-state index in [0.29, 0.717) is 5.92 Å². The SMILES string of the molecule is COc1ccc([C@@H](NC(=O)Nc2ccc3c(c2)ncn3C)C2CC2)cc1. The van der Waals surface area contributed by atoms with E-state index >= 15 is 0 Å². The van der Waals surface area contributed by atoms with Crippen LogP contribution in [0.1, 0.15) is 24.4 Å². The molecule has 1 fully saturated rings. The van der Waals surface area contributed by atoms with Gasteiger partial charge in [0.25, 0.3) is 0 Å². The van der Waals surface area contributed by atoms with Crippen LogP contribution in [0.2, 0.25) is 0 Å². The van der Waals surface area contributed by atoms with Crippen LogP contribution in [0.15, 0.2) is 48.8 Å². The number of hydrogen-bond acceptors (Lipinski definition) is 3. The minimum Gasteiger partial charge on any atom is -0.497 e. The number of benzene rings is 2. The van der Waals surface area contributed by atoms with Gasteiger partial charge >= 0.3 is 6.03 Å². The van der Waals surface area contributed by atoms with Crippen LogP contribution in [0.25, 0.3) is 11.0 Å². The highest BCUT2D eigenvalue weighted by atomic mass is 16.5. The molecule has 0 radical (unpaired) electrons. The third kappa shape index (κ3) is 3.35. The molecule has 1 saturated carbocycles. The standard InChI is InChI=1S/C20H22N4O2/c1-24-12-21-17-11-15(7-10-18(17)24)22-20(25)23-19(13-3-4-13)14-5-8-16(26-2)9-6-14/h5-13,19H,3-4H2,1-2H3,(H2,22,23,25)/t19-/m0/s1. The molecule has 3 aromatic rings. The molecule has 1 heterocycles. The van der Waals surface area contributed by atoms with Crippen LogP contribution in [0.3, 0.4) is 0 Å². The van der Waals surface area contributed by atoms with Crippen molar-refractivity contribution in [2.24, 2.45) is 13.0 Å². The third-order valence-corrected chi connectivity index (χ3v) is 4.84. The lowest BCUT2D eigenvalue weighted by atomic mass is 10.0. The number of anilines is 1. The fourth-order valence-corrected chi connectivity index (χ4v) is 3.24. The molecule has 1 aliphatic carbocycles. The number of imidazole rings is 1. The molecule has 1 aromatic heterocycles. The van der Waals surface area contributed by atoms with E-state index in [4.69, 9.17) is 4.74 Å². The molecule has 0 spiro atoms. The van der Waals surface area contributed by atoms with E-state index < -0.39 is 0 Å². The van der Waals surface area contributed by atoms with Crippen LogP contribution in [0, 0.1) is 5.92 Å². The first-order valence-electron chi connectivity index (χ1n) is 8.76. The zero-order chi connectivity index (χ0) is 18.1. The van der Waals surface area contributed by atoms with Crippen LogP contribution in [-0.2, 0) is 7.05 Å². The Bertz CT molecular complexity index is 929. The van der Waals surface area contributed by atoms with Gasteiger partial charge in [0.1, 0.15) is 5.75 Å². The predicted octanol–water partition coefficient (Wildman–Crippen LogP) is 3.85. The van der Waals surface area contributed by atoms with E-state index in [9.17, 15) is 4.79 Å². The Morgan fingerprint density at radius 2 is 2.00 bits per heavy atom. The molecular weight excluding hydrogens is 328 g/mol. The van der Waals surface area contributed by atoms with E-state index in [1.165, 1.54) is 0 Å². The summed E-state index contributed by atoms with van der Waals surface area (Å²) in [5.74, 6) is 1.31. The maximum atomic E-state index is 12.5. The van der Waals surface area contributed by atoms with Gasteiger partial charge in [0, 0.05) is 12.7 Å². The molecule has 0 bridgehead atoms. The first kappa shape index (κ1) is 16.4. The maximum Gasteiger partial charge on any atom is 0.319 e. The Hall–Kier alpha value is -3.02. The number of ether oxygens (including phenoxy) is 1. The third-order valence-electron chi connectivity index (χ3n) is 4.84. The average Bonchev–Trinajstić information content (AvgIpc) is 3.43. The smallest absolute Gasteiger partial charge is 0.319 e. The summed E-state index contributed by atoms with van der Waals surface area (Å²) in [5.41, 5.74) is 3.73. The number of aryl methyl sites for hydroxylation is 1. The number of urea groups is 1. The number of carbonyl (C=O) groups is 1. The lowest BCUT2D eigenvalue weighted by Gasteiger charge is -2.19. The molecule has 1 atom stereocenters. The second kappa shape index (κ2) is 6.71. The van der Waals surface area contributed by atoms with Gasteiger partial charge in [-0.3, -0.25) is 0 Å². The highest BCUT2D eigenvalue weighted by molar-refractivity contribution is 5.92. The fourth-order valence-electron chi connectivity index (χ4n) is 3.24. The van der Waals surface area contributed by atoms with Crippen LogP contribution in [0.4, 0.5) is 10.5 Å². The summed E-state index contributed by atoms with van der Waals surface area (Å²) in [6, 6.07) is 13.4. The Labute approximate surface area is 152 Å². The van der Waals surface area contributed by atoms with E-state index in [2.05, 4.69) is 15.6 Å². The second-order valence-electron chi connectivity index (χ2n) is 6.75. The van der Waals surface area contributed by atoms with Gasteiger partial charge in [-0.1, -0.05) is 12.1 Å². The van der Waals surface area contributed by atoms with Crippen molar-refractivity contribution in [3.8, 4) is 5.75 Å². The first-order chi connectivity index (χ1) is 12.6. The molecule has 6 heteroatoms. The molecule has 0 saturated heterocycles. The number of rotatable bonds is 5. The largest absolute Gasteiger partial charge is 0.497 e. The highest BCUT2D eigenvalue weighted by Gasteiger charge is 2.33. The molecule has 1 aliphatic rings. The number of methoxy groups -OCH3 is 1. The molecule has 6 nitrogen and oxygen atoms in total. The average molecular weight is 350 g/mol. The molecule has 2 aromatic carbocycles. The van der Waals surface area contributed by atoms with E-state index in [1.807, 2.05) is 54.1 Å². The van der Waals surface area contributed by atoms with Crippen molar-refractivity contribution < 1.29 is 9.53 Å². The van der Waals surface area contributed by atoms with Crippen molar-refractivity contribution in [1.29, 1.82) is 0 Å². The van der Waals surface area contributed by atoms with Crippen molar-refractivity contribution in [3.05, 3.63) is 54.4 Å². The summed E-state index contributed by atoms with van der Waals surface area (Å²) in [4.78, 5) is 16.8. The van der Waals surface area contributed by atoms with Crippen LogP contribution in [0.5, 0.6) is 5.75 Å². The summed E-state index contributed by atoms with van der Waals surface area (Å²) in [6.07, 6.45) is 4.04. The Morgan fingerprint density at radius 3 is 2.69 bits per heavy atom. The second-order valence-corrected chi connectivity index (χ2v) is 6.75. The van der Waals surface area contributed by atoms with Gasteiger partial charge in [-0.25, -0.2) is 9.78 Å². The summed E-state index contributed by atoms with van der Waals surface area (Å²) in [7, 11) is 3.60. The Kier molecular flexibility index (Phi) is 4.24. The maximum absolute atomic E-state index is 12.5. The number of nitrogens with one attached hydrogen (secondary N) is 2. The zero-order valence-corrected chi connectivity index (χ0v) is 14.9. The molecule has 134 valence electrons. The molecule has 0 unspecified atom stereocenters. The Balaban J connectivity index is 1.47. The van der Waals surface area contributed by atoms with E-state index in [0.717, 1.165) is 40.9 Å². The minimum absolute atomic E-state index is 0.0134. The molecule has 0 aliphatic heterocycles. The van der Waals surface area contributed by atoms with Crippen LogP contribution in [-0.4, -0.2) is 22.7 Å². The molecule has 26 heavy (non-hydrogen) atoms. The Morgan fingerprint density at radius 1 is 1.23 bits per heavy atom. The highest BCUT2D eigenvalue weighted by Crippen LogP contribution is 2.41. The van der Waals surface area contributed by atoms with Crippen molar-refractivity contribution >= 4 is 22.8 Å². The van der Waals surface area contributed by atoms with Crippen molar-refractivity contribution in [3.63, 3.8) is 0 Å². The first-order valence-corrected chi connectivity index (χ1v) is 8.76. The van der Waals surface area contributed by atoms with Gasteiger partial charge in [0.05, 0.1) is 30.5 Å². The summed E-state index contributed by atoms with van der Waals surface area (Å²) < 4.78 is 7.17. The van der Waals surface area contributed by atoms with Gasteiger partial charge < -0.3 is 19.9 Å². The fraction of sp³-hybridized carbons (Fsp3) is 0.300. The number of nitrogens with zero attached hydrogens (tertiary/aromatic N) is 2. The summed E-state index contributed by atoms with van der Waals surface area (Å²) in [6.45, 7) is 0. The van der Waals surface area contributed by atoms with Crippen molar-refractivity contribution in [1.82, 2.24) is 14.9 Å². The zero-order valence-electron chi connectivity index (χ0n) is 14.9. The quantitative estimate of drug-likeness (QED) is 0.734. The predicted molar refractivity (Wildman–Crippen MR) is 101 cm³/mol. The number of amides is 2. The van der Waals surface area contributed by atoms with Crippen LogP contribution >= 0.6 is 0 Å². The van der Waals surface area contributed by atoms with Gasteiger partial charge in [0.15, 0.2) is 0 Å². The number of aromatic nitrogens is 2. The molecule has 2 amide bonds.